The summed E-state index contributed by atoms with van der Waals surface area (Å²) in [6.45, 7) is 6.94. The molecule has 0 spiro atoms. The van der Waals surface area contributed by atoms with Crippen molar-refractivity contribution in [2.24, 2.45) is 5.92 Å². The predicted octanol–water partition coefficient (Wildman–Crippen LogP) is 0.722. The Morgan fingerprint density at radius 1 is 1.29 bits per heavy atom. The van der Waals surface area contributed by atoms with Crippen LogP contribution < -0.4 is 0 Å². The number of rotatable bonds is 1. The lowest BCUT2D eigenvalue weighted by Gasteiger charge is -2.40. The topological polar surface area (TPSA) is 55.8 Å². The number of aliphatic hydroxyl groups excluding tert-OH is 1. The predicted molar refractivity (Wildman–Crippen MR) is 50.7 cm³/mol. The van der Waals surface area contributed by atoms with Gasteiger partial charge in [-0.1, -0.05) is 6.92 Å². The number of carbonyl (C=O) groups is 1. The van der Waals surface area contributed by atoms with Crippen LogP contribution in [0.25, 0.3) is 0 Å². The average Bonchev–Trinajstić information content (AvgIpc) is 2.09. The van der Waals surface area contributed by atoms with E-state index in [0.717, 1.165) is 0 Å². The first kappa shape index (κ1) is 11.5. The molecule has 0 bridgehead atoms. The molecule has 1 N–H and O–H groups in total. The highest BCUT2D eigenvalue weighted by Crippen LogP contribution is 2.27. The molecule has 1 saturated heterocycles. The van der Waals surface area contributed by atoms with Gasteiger partial charge in [0, 0.05) is 12.8 Å². The van der Waals surface area contributed by atoms with E-state index < -0.39 is 12.2 Å². The van der Waals surface area contributed by atoms with E-state index in [1.807, 2.05) is 13.8 Å². The quantitative estimate of drug-likeness (QED) is 0.637. The van der Waals surface area contributed by atoms with Crippen LogP contribution in [0.1, 0.15) is 27.7 Å². The van der Waals surface area contributed by atoms with E-state index >= 15 is 0 Å². The fraction of sp³-hybridized carbons (Fsp3) is 0.900. The van der Waals surface area contributed by atoms with Crippen LogP contribution in [0, 0.1) is 5.92 Å². The molecule has 0 radical (unpaired) electrons. The lowest BCUT2D eigenvalue weighted by atomic mass is 9.89. The van der Waals surface area contributed by atoms with Crippen LogP contribution >= 0.6 is 0 Å². The minimum Gasteiger partial charge on any atom is -0.457 e. The van der Waals surface area contributed by atoms with Gasteiger partial charge in [-0.2, -0.15) is 0 Å². The maximum Gasteiger partial charge on any atom is 0.303 e. The molecule has 2 unspecified atom stereocenters. The van der Waals surface area contributed by atoms with Crippen molar-refractivity contribution in [3.05, 3.63) is 0 Å². The Hall–Kier alpha value is -0.610. The second-order valence-corrected chi connectivity index (χ2v) is 3.97. The van der Waals surface area contributed by atoms with Crippen molar-refractivity contribution in [2.45, 2.75) is 52.1 Å². The standard InChI is InChI=1S/C10H18O4/c1-5-6(2)13-7(3)10(9(5)12)14-8(4)11/h5-7,9-10,12H,1-4H3/t5-,6?,7-,9-,10?/m0/s1. The molecule has 1 heterocycles. The fourth-order valence-electron chi connectivity index (χ4n) is 1.75. The smallest absolute Gasteiger partial charge is 0.303 e. The monoisotopic (exact) mass is 202 g/mol. The van der Waals surface area contributed by atoms with Crippen molar-refractivity contribution >= 4 is 5.97 Å². The van der Waals surface area contributed by atoms with Gasteiger partial charge in [-0.25, -0.2) is 0 Å². The number of hydrogen-bond acceptors (Lipinski definition) is 4. The third-order valence-corrected chi connectivity index (χ3v) is 2.81. The van der Waals surface area contributed by atoms with Gasteiger partial charge in [0.05, 0.1) is 18.3 Å². The van der Waals surface area contributed by atoms with Crippen LogP contribution in [-0.2, 0) is 14.3 Å². The van der Waals surface area contributed by atoms with E-state index in [1.54, 1.807) is 6.92 Å². The van der Waals surface area contributed by atoms with Crippen LogP contribution in [0.4, 0.5) is 0 Å². The second-order valence-electron chi connectivity index (χ2n) is 3.97. The highest BCUT2D eigenvalue weighted by molar-refractivity contribution is 5.66. The van der Waals surface area contributed by atoms with Crippen molar-refractivity contribution in [2.75, 3.05) is 0 Å². The summed E-state index contributed by atoms with van der Waals surface area (Å²) in [5.41, 5.74) is 0. The Morgan fingerprint density at radius 2 is 1.86 bits per heavy atom. The molecule has 82 valence electrons. The van der Waals surface area contributed by atoms with E-state index in [9.17, 15) is 9.90 Å². The Morgan fingerprint density at radius 3 is 2.36 bits per heavy atom. The molecule has 0 aliphatic carbocycles. The molecule has 0 saturated carbocycles. The molecule has 1 fully saturated rings. The van der Waals surface area contributed by atoms with Crippen molar-refractivity contribution in [1.29, 1.82) is 0 Å². The highest BCUT2D eigenvalue weighted by Gasteiger charge is 2.40. The number of ether oxygens (including phenoxy) is 2. The zero-order chi connectivity index (χ0) is 10.9. The Labute approximate surface area is 84.2 Å². The second kappa shape index (κ2) is 4.28. The van der Waals surface area contributed by atoms with Gasteiger partial charge >= 0.3 is 5.97 Å². The molecule has 0 aromatic carbocycles. The summed E-state index contributed by atoms with van der Waals surface area (Å²) in [5, 5.41) is 9.87. The van der Waals surface area contributed by atoms with Crippen molar-refractivity contribution in [3.63, 3.8) is 0 Å². The molecule has 0 aromatic rings. The van der Waals surface area contributed by atoms with Crippen LogP contribution in [0.2, 0.25) is 0 Å². The van der Waals surface area contributed by atoms with E-state index in [2.05, 4.69) is 0 Å². The molecule has 4 nitrogen and oxygen atoms in total. The minimum absolute atomic E-state index is 0.00759. The molecular formula is C10H18O4. The number of carbonyl (C=O) groups excluding carboxylic acids is 1. The van der Waals surface area contributed by atoms with Gasteiger partial charge in [0.2, 0.25) is 0 Å². The normalized spacial score (nSPS) is 43.4. The minimum atomic E-state index is -0.641. The van der Waals surface area contributed by atoms with Gasteiger partial charge < -0.3 is 14.6 Å². The summed E-state index contributed by atoms with van der Waals surface area (Å²) in [5.74, 6) is -0.401. The number of aliphatic hydroxyl groups is 1. The fourth-order valence-corrected chi connectivity index (χ4v) is 1.75. The third-order valence-electron chi connectivity index (χ3n) is 2.81. The highest BCUT2D eigenvalue weighted by atomic mass is 16.6. The first-order valence-corrected chi connectivity index (χ1v) is 4.94. The van der Waals surface area contributed by atoms with E-state index in [0.29, 0.717) is 0 Å². The molecule has 1 rings (SSSR count). The first-order valence-electron chi connectivity index (χ1n) is 4.94. The molecule has 0 amide bonds. The van der Waals surface area contributed by atoms with E-state index in [-0.39, 0.29) is 24.1 Å². The first-order chi connectivity index (χ1) is 6.43. The number of esters is 1. The van der Waals surface area contributed by atoms with Gasteiger partial charge in [0.15, 0.2) is 6.10 Å². The van der Waals surface area contributed by atoms with Crippen molar-refractivity contribution < 1.29 is 19.4 Å². The summed E-state index contributed by atoms with van der Waals surface area (Å²) < 4.78 is 10.6. The van der Waals surface area contributed by atoms with Crippen LogP contribution in [0.3, 0.4) is 0 Å². The van der Waals surface area contributed by atoms with Crippen molar-refractivity contribution in [3.8, 4) is 0 Å². The molecule has 1 aliphatic rings. The largest absolute Gasteiger partial charge is 0.457 e. The maximum atomic E-state index is 10.8. The Kier molecular flexibility index (Phi) is 3.50. The van der Waals surface area contributed by atoms with Gasteiger partial charge in [-0.05, 0) is 13.8 Å². The Balaban J connectivity index is 2.68. The summed E-state index contributed by atoms with van der Waals surface area (Å²) in [6, 6.07) is 0. The summed E-state index contributed by atoms with van der Waals surface area (Å²) in [6.07, 6.45) is -1.44. The van der Waals surface area contributed by atoms with E-state index in [1.165, 1.54) is 6.92 Å². The van der Waals surface area contributed by atoms with Gasteiger partial charge in [-0.15, -0.1) is 0 Å². The SMILES string of the molecule is CC(=O)OC1[C@H](C)OC(C)[C@H](C)[C@@H]1O. The maximum absolute atomic E-state index is 10.8. The van der Waals surface area contributed by atoms with Crippen LogP contribution in [-0.4, -0.2) is 35.5 Å². The van der Waals surface area contributed by atoms with Gasteiger partial charge in [0.1, 0.15) is 0 Å². The lowest BCUT2D eigenvalue weighted by molar-refractivity contribution is -0.205. The molecule has 5 atom stereocenters. The molecule has 0 aromatic heterocycles. The summed E-state index contributed by atoms with van der Waals surface area (Å²) >= 11 is 0. The lowest BCUT2D eigenvalue weighted by Crippen LogP contribution is -2.53. The third kappa shape index (κ3) is 2.25. The van der Waals surface area contributed by atoms with Crippen LogP contribution in [0.5, 0.6) is 0 Å². The molecule has 1 aliphatic heterocycles. The summed E-state index contributed by atoms with van der Waals surface area (Å²) in [7, 11) is 0. The van der Waals surface area contributed by atoms with E-state index in [4.69, 9.17) is 9.47 Å². The number of hydrogen-bond donors (Lipinski definition) is 1. The van der Waals surface area contributed by atoms with Crippen LogP contribution in [0.15, 0.2) is 0 Å². The molecule has 14 heavy (non-hydrogen) atoms. The average molecular weight is 202 g/mol. The van der Waals surface area contributed by atoms with Crippen molar-refractivity contribution in [1.82, 2.24) is 0 Å². The molecular weight excluding hydrogens is 184 g/mol. The summed E-state index contributed by atoms with van der Waals surface area (Å²) in [4.78, 5) is 10.8. The Bertz CT molecular complexity index is 216. The van der Waals surface area contributed by atoms with Gasteiger partial charge in [0.25, 0.3) is 0 Å². The molecule has 4 heteroatoms. The zero-order valence-corrected chi connectivity index (χ0v) is 9.06. The zero-order valence-electron chi connectivity index (χ0n) is 9.06. The van der Waals surface area contributed by atoms with Gasteiger partial charge in [-0.3, -0.25) is 4.79 Å².